The van der Waals surface area contributed by atoms with Crippen LogP contribution in [0.25, 0.3) is 0 Å². The number of hydrogen-bond donors (Lipinski definition) is 1. The Hall–Kier alpha value is -0.990. The average molecular weight is 224 g/mol. The molecule has 92 valence electrons. The van der Waals surface area contributed by atoms with Gasteiger partial charge in [-0.3, -0.25) is 4.68 Å². The summed E-state index contributed by atoms with van der Waals surface area (Å²) in [6.07, 6.45) is 4.20. The van der Waals surface area contributed by atoms with Gasteiger partial charge in [-0.1, -0.05) is 27.2 Å². The third kappa shape index (κ3) is 2.57. The van der Waals surface area contributed by atoms with E-state index in [4.69, 9.17) is 0 Å². The molecule has 0 aliphatic rings. The first-order valence-corrected chi connectivity index (χ1v) is 6.44. The third-order valence-electron chi connectivity index (χ3n) is 3.20. The van der Waals surface area contributed by atoms with Gasteiger partial charge in [-0.2, -0.15) is 5.10 Å². The van der Waals surface area contributed by atoms with Gasteiger partial charge in [-0.15, -0.1) is 0 Å². The zero-order valence-electron chi connectivity index (χ0n) is 11.0. The Balaban J connectivity index is 3.00. The first kappa shape index (κ1) is 13.1. The quantitative estimate of drug-likeness (QED) is 0.803. The van der Waals surface area contributed by atoms with Crippen molar-refractivity contribution in [2.24, 2.45) is 0 Å². The summed E-state index contributed by atoms with van der Waals surface area (Å²) in [6, 6.07) is 0. The number of rotatable bonds is 6. The highest BCUT2D eigenvalue weighted by Crippen LogP contribution is 2.31. The Morgan fingerprint density at radius 3 is 2.50 bits per heavy atom. The summed E-state index contributed by atoms with van der Waals surface area (Å²) in [5, 5.41) is 14.7. The van der Waals surface area contributed by atoms with Crippen LogP contribution in [0.5, 0.6) is 5.75 Å². The van der Waals surface area contributed by atoms with Crippen molar-refractivity contribution in [3.63, 3.8) is 0 Å². The SMILES string of the molecule is CCCCc1c(O)c(C(C)CC)nn1CC. The van der Waals surface area contributed by atoms with E-state index in [0.717, 1.165) is 43.6 Å². The largest absolute Gasteiger partial charge is 0.504 e. The number of aryl methyl sites for hydroxylation is 1. The number of hydrogen-bond acceptors (Lipinski definition) is 2. The molecule has 0 aliphatic carbocycles. The van der Waals surface area contributed by atoms with E-state index >= 15 is 0 Å². The lowest BCUT2D eigenvalue weighted by Crippen LogP contribution is -2.03. The van der Waals surface area contributed by atoms with Crippen LogP contribution in [0, 0.1) is 0 Å². The maximum absolute atomic E-state index is 10.2. The summed E-state index contributed by atoms with van der Waals surface area (Å²) in [5.41, 5.74) is 1.88. The zero-order valence-corrected chi connectivity index (χ0v) is 11.0. The van der Waals surface area contributed by atoms with Crippen LogP contribution in [0.4, 0.5) is 0 Å². The number of nitrogens with zero attached hydrogens (tertiary/aromatic N) is 2. The van der Waals surface area contributed by atoms with Gasteiger partial charge in [0.15, 0.2) is 5.75 Å². The number of aromatic nitrogens is 2. The van der Waals surface area contributed by atoms with Gasteiger partial charge in [0, 0.05) is 12.5 Å². The van der Waals surface area contributed by atoms with Crippen LogP contribution >= 0.6 is 0 Å². The summed E-state index contributed by atoms with van der Waals surface area (Å²) in [6.45, 7) is 9.32. The molecule has 1 N–H and O–H groups in total. The molecule has 1 atom stereocenters. The average Bonchev–Trinajstić information content (AvgIpc) is 2.62. The lowest BCUT2D eigenvalue weighted by atomic mass is 10.0. The molecule has 0 saturated heterocycles. The van der Waals surface area contributed by atoms with Gasteiger partial charge < -0.3 is 5.11 Å². The molecule has 1 rings (SSSR count). The molecule has 0 aliphatic heterocycles. The highest BCUT2D eigenvalue weighted by atomic mass is 16.3. The van der Waals surface area contributed by atoms with Gasteiger partial charge in [0.2, 0.25) is 0 Å². The van der Waals surface area contributed by atoms with Crippen molar-refractivity contribution in [2.45, 2.75) is 65.8 Å². The fourth-order valence-electron chi connectivity index (χ4n) is 1.89. The zero-order chi connectivity index (χ0) is 12.1. The van der Waals surface area contributed by atoms with Gasteiger partial charge in [0.05, 0.1) is 5.69 Å². The molecular weight excluding hydrogens is 200 g/mol. The molecule has 16 heavy (non-hydrogen) atoms. The lowest BCUT2D eigenvalue weighted by molar-refractivity contribution is 0.452. The second-order valence-corrected chi connectivity index (χ2v) is 4.41. The molecular formula is C13H24N2O. The summed E-state index contributed by atoms with van der Waals surface area (Å²) < 4.78 is 1.95. The third-order valence-corrected chi connectivity index (χ3v) is 3.20. The fraction of sp³-hybridized carbons (Fsp3) is 0.769. The molecule has 3 heteroatoms. The predicted molar refractivity (Wildman–Crippen MR) is 66.9 cm³/mol. The molecule has 0 bridgehead atoms. The molecule has 1 aromatic rings. The highest BCUT2D eigenvalue weighted by Gasteiger charge is 2.19. The molecule has 0 saturated carbocycles. The maximum atomic E-state index is 10.2. The van der Waals surface area contributed by atoms with Gasteiger partial charge >= 0.3 is 0 Å². The Bertz CT molecular complexity index is 331. The molecule has 1 unspecified atom stereocenters. The van der Waals surface area contributed by atoms with Gasteiger partial charge in [0.25, 0.3) is 0 Å². The Labute approximate surface area is 98.5 Å². The van der Waals surface area contributed by atoms with E-state index in [-0.39, 0.29) is 0 Å². The highest BCUT2D eigenvalue weighted by molar-refractivity contribution is 5.34. The van der Waals surface area contributed by atoms with Crippen molar-refractivity contribution < 1.29 is 5.11 Å². The molecule has 0 aromatic carbocycles. The van der Waals surface area contributed by atoms with E-state index in [1.54, 1.807) is 0 Å². The molecule has 1 aromatic heterocycles. The van der Waals surface area contributed by atoms with Crippen LogP contribution in [0.2, 0.25) is 0 Å². The fourth-order valence-corrected chi connectivity index (χ4v) is 1.89. The summed E-state index contributed by atoms with van der Waals surface area (Å²) in [7, 11) is 0. The Morgan fingerprint density at radius 2 is 2.00 bits per heavy atom. The predicted octanol–water partition coefficient (Wildman–Crippen LogP) is 3.46. The minimum Gasteiger partial charge on any atom is -0.504 e. The van der Waals surface area contributed by atoms with Crippen LogP contribution in [0.15, 0.2) is 0 Å². The van der Waals surface area contributed by atoms with E-state index in [2.05, 4.69) is 32.8 Å². The van der Waals surface area contributed by atoms with E-state index < -0.39 is 0 Å². The topological polar surface area (TPSA) is 38.1 Å². The second-order valence-electron chi connectivity index (χ2n) is 4.41. The van der Waals surface area contributed by atoms with Crippen molar-refractivity contribution in [3.8, 4) is 5.75 Å². The second kappa shape index (κ2) is 5.92. The minimum absolute atomic E-state index is 0.341. The molecule has 0 radical (unpaired) electrons. The molecule has 1 heterocycles. The van der Waals surface area contributed by atoms with E-state index in [1.165, 1.54) is 0 Å². The van der Waals surface area contributed by atoms with Crippen LogP contribution in [-0.4, -0.2) is 14.9 Å². The van der Waals surface area contributed by atoms with Gasteiger partial charge in [-0.25, -0.2) is 0 Å². The van der Waals surface area contributed by atoms with Crippen LogP contribution in [0.1, 0.15) is 64.3 Å². The van der Waals surface area contributed by atoms with Crippen molar-refractivity contribution >= 4 is 0 Å². The summed E-state index contributed by atoms with van der Waals surface area (Å²) in [4.78, 5) is 0. The lowest BCUT2D eigenvalue weighted by Gasteiger charge is -2.04. The van der Waals surface area contributed by atoms with Crippen molar-refractivity contribution in [3.05, 3.63) is 11.4 Å². The molecule has 0 spiro atoms. The van der Waals surface area contributed by atoms with E-state index in [9.17, 15) is 5.11 Å². The van der Waals surface area contributed by atoms with Crippen LogP contribution < -0.4 is 0 Å². The van der Waals surface area contributed by atoms with Gasteiger partial charge in [-0.05, 0) is 26.2 Å². The first-order valence-electron chi connectivity index (χ1n) is 6.44. The molecule has 0 fully saturated rings. The summed E-state index contributed by atoms with van der Waals surface area (Å²) in [5.74, 6) is 0.776. The normalized spacial score (nSPS) is 13.0. The van der Waals surface area contributed by atoms with Crippen LogP contribution in [0.3, 0.4) is 0 Å². The van der Waals surface area contributed by atoms with Crippen molar-refractivity contribution in [1.82, 2.24) is 9.78 Å². The maximum Gasteiger partial charge on any atom is 0.160 e. The number of aromatic hydroxyl groups is 1. The van der Waals surface area contributed by atoms with Crippen molar-refractivity contribution in [1.29, 1.82) is 0 Å². The molecule has 3 nitrogen and oxygen atoms in total. The smallest absolute Gasteiger partial charge is 0.160 e. The Morgan fingerprint density at radius 1 is 1.31 bits per heavy atom. The van der Waals surface area contributed by atoms with E-state index in [0.29, 0.717) is 11.7 Å². The molecule has 0 amide bonds. The number of unbranched alkanes of at least 4 members (excludes halogenated alkanes) is 1. The minimum atomic E-state index is 0.341. The van der Waals surface area contributed by atoms with E-state index in [1.807, 2.05) is 4.68 Å². The monoisotopic (exact) mass is 224 g/mol. The van der Waals surface area contributed by atoms with Crippen molar-refractivity contribution in [2.75, 3.05) is 0 Å². The van der Waals surface area contributed by atoms with Crippen LogP contribution in [-0.2, 0) is 13.0 Å². The standard InChI is InChI=1S/C13H24N2O/c1-5-8-9-11-13(16)12(10(4)6-2)14-15(11)7-3/h10,16H,5-9H2,1-4H3. The summed E-state index contributed by atoms with van der Waals surface area (Å²) >= 11 is 0. The van der Waals surface area contributed by atoms with Gasteiger partial charge in [0.1, 0.15) is 5.69 Å². The first-order chi connectivity index (χ1) is 7.65. The Kier molecular flexibility index (Phi) is 4.84.